The normalized spacial score (nSPS) is 19.4. The lowest BCUT2D eigenvalue weighted by Crippen LogP contribution is -2.47. The van der Waals surface area contributed by atoms with E-state index in [0.29, 0.717) is 18.7 Å². The molecule has 8 nitrogen and oxygen atoms in total. The van der Waals surface area contributed by atoms with Crippen LogP contribution in [0, 0.1) is 0 Å². The third-order valence-electron chi connectivity index (χ3n) is 8.51. The summed E-state index contributed by atoms with van der Waals surface area (Å²) in [7, 11) is 5.77. The van der Waals surface area contributed by atoms with E-state index >= 15 is 0 Å². The van der Waals surface area contributed by atoms with Crippen LogP contribution in [0.4, 0.5) is 11.4 Å². The number of piperazine rings is 1. The second kappa shape index (κ2) is 11.4. The van der Waals surface area contributed by atoms with Crippen LogP contribution < -0.4 is 10.2 Å². The van der Waals surface area contributed by atoms with Crippen molar-refractivity contribution in [1.29, 1.82) is 0 Å². The molecule has 0 saturated carbocycles. The van der Waals surface area contributed by atoms with E-state index in [1.54, 1.807) is 7.11 Å². The van der Waals surface area contributed by atoms with Crippen molar-refractivity contribution in [3.05, 3.63) is 95.7 Å². The number of para-hydroxylation sites is 3. The fourth-order valence-electron chi connectivity index (χ4n) is 6.38. The van der Waals surface area contributed by atoms with Crippen LogP contribution in [-0.2, 0) is 16.6 Å². The van der Waals surface area contributed by atoms with Crippen molar-refractivity contribution in [2.24, 2.45) is 7.05 Å². The summed E-state index contributed by atoms with van der Waals surface area (Å²) in [5.74, 6) is -0.837. The average Bonchev–Trinajstić information content (AvgIpc) is 3.33. The molecule has 212 valence electrons. The van der Waals surface area contributed by atoms with Gasteiger partial charge in [0.2, 0.25) is 5.91 Å². The molecule has 0 spiro atoms. The summed E-state index contributed by atoms with van der Waals surface area (Å²) in [6.07, 6.45) is 2.06. The number of ether oxygens (including phenoxy) is 1. The van der Waals surface area contributed by atoms with Crippen LogP contribution in [0.25, 0.3) is 10.9 Å². The number of likely N-dealkylation sites (N-methyl/N-ethyl adjacent to an activating group) is 1. The Morgan fingerprint density at radius 1 is 0.902 bits per heavy atom. The number of hydrogen-bond acceptors (Lipinski definition) is 5. The number of carbonyl (C=O) groups excluding carboxylic acids is 2. The van der Waals surface area contributed by atoms with Gasteiger partial charge in [0.25, 0.3) is 5.91 Å². The van der Waals surface area contributed by atoms with Gasteiger partial charge in [0, 0.05) is 75.1 Å². The van der Waals surface area contributed by atoms with Crippen LogP contribution in [0.2, 0.25) is 0 Å². The second-order valence-corrected chi connectivity index (χ2v) is 11.0. The molecule has 0 radical (unpaired) electrons. The molecule has 41 heavy (non-hydrogen) atoms. The molecule has 0 bridgehead atoms. The topological polar surface area (TPSA) is 70.1 Å². The molecular formula is C33H37N5O3. The van der Waals surface area contributed by atoms with Crippen LogP contribution in [0.5, 0.6) is 0 Å². The predicted molar refractivity (Wildman–Crippen MR) is 163 cm³/mol. The van der Waals surface area contributed by atoms with Gasteiger partial charge < -0.3 is 29.3 Å². The van der Waals surface area contributed by atoms with Gasteiger partial charge in [-0.2, -0.15) is 0 Å². The average molecular weight is 552 g/mol. The number of aromatic nitrogens is 1. The highest BCUT2D eigenvalue weighted by Gasteiger charge is 2.45. The van der Waals surface area contributed by atoms with Gasteiger partial charge in [-0.25, -0.2) is 0 Å². The van der Waals surface area contributed by atoms with Gasteiger partial charge in [0.1, 0.15) is 0 Å². The van der Waals surface area contributed by atoms with Crippen LogP contribution >= 0.6 is 0 Å². The highest BCUT2D eigenvalue weighted by molar-refractivity contribution is 6.06. The number of anilines is 2. The van der Waals surface area contributed by atoms with Crippen LogP contribution in [0.1, 0.15) is 33.4 Å². The number of benzene rings is 3. The maximum Gasteiger partial charge on any atom is 0.254 e. The van der Waals surface area contributed by atoms with E-state index in [1.807, 2.05) is 66.5 Å². The van der Waals surface area contributed by atoms with Crippen molar-refractivity contribution in [3.8, 4) is 0 Å². The number of rotatable bonds is 7. The highest BCUT2D eigenvalue weighted by Crippen LogP contribution is 2.46. The minimum absolute atomic E-state index is 0.0857. The van der Waals surface area contributed by atoms with E-state index in [4.69, 9.17) is 4.74 Å². The Kier molecular flexibility index (Phi) is 7.51. The lowest BCUT2D eigenvalue weighted by Gasteiger charge is -2.41. The van der Waals surface area contributed by atoms with Gasteiger partial charge >= 0.3 is 0 Å². The van der Waals surface area contributed by atoms with Gasteiger partial charge in [-0.3, -0.25) is 9.59 Å². The molecule has 2 aliphatic rings. The summed E-state index contributed by atoms with van der Waals surface area (Å²) in [4.78, 5) is 35.0. The number of hydrogen-bond donors (Lipinski definition) is 1. The molecule has 0 aliphatic carbocycles. The maximum atomic E-state index is 14.6. The zero-order valence-electron chi connectivity index (χ0n) is 23.9. The Morgan fingerprint density at radius 2 is 1.61 bits per heavy atom. The van der Waals surface area contributed by atoms with E-state index in [0.717, 1.165) is 59.6 Å². The fourth-order valence-corrected chi connectivity index (χ4v) is 6.38. The molecule has 2 aliphatic heterocycles. The second-order valence-electron chi connectivity index (χ2n) is 11.0. The number of methoxy groups -OCH3 is 1. The molecule has 2 amide bonds. The zero-order chi connectivity index (χ0) is 28.5. The monoisotopic (exact) mass is 551 g/mol. The predicted octanol–water partition coefficient (Wildman–Crippen LogP) is 4.50. The first-order valence-electron chi connectivity index (χ1n) is 14.2. The SMILES string of the molecule is COCCN1C(=O)c2ccccc2[C@@H](C(=O)Nc2ccccc2N2CCN(C)CC2)[C@@H]1c1cn(C)c2ccccc12. The number of nitrogens with zero attached hydrogens (tertiary/aromatic N) is 4. The molecule has 3 aromatic carbocycles. The molecule has 1 fully saturated rings. The van der Waals surface area contributed by atoms with E-state index in [-0.39, 0.29) is 11.8 Å². The Bertz CT molecular complexity index is 1570. The molecule has 4 aromatic rings. The molecule has 1 N–H and O–H groups in total. The maximum absolute atomic E-state index is 14.6. The minimum Gasteiger partial charge on any atom is -0.383 e. The van der Waals surface area contributed by atoms with Crippen molar-refractivity contribution in [2.45, 2.75) is 12.0 Å². The van der Waals surface area contributed by atoms with E-state index in [1.165, 1.54) is 0 Å². The lowest BCUT2D eigenvalue weighted by atomic mass is 9.79. The van der Waals surface area contributed by atoms with Crippen molar-refractivity contribution < 1.29 is 14.3 Å². The number of carbonyl (C=O) groups is 2. The smallest absolute Gasteiger partial charge is 0.254 e. The number of nitrogens with one attached hydrogen (secondary N) is 1. The number of fused-ring (bicyclic) bond motifs is 2. The summed E-state index contributed by atoms with van der Waals surface area (Å²) >= 11 is 0. The van der Waals surface area contributed by atoms with Crippen LogP contribution in [0.3, 0.4) is 0 Å². The molecule has 8 heteroatoms. The van der Waals surface area contributed by atoms with Crippen LogP contribution in [-0.4, -0.2) is 79.7 Å². The Morgan fingerprint density at radius 3 is 2.41 bits per heavy atom. The van der Waals surface area contributed by atoms with Crippen molar-refractivity contribution >= 4 is 34.1 Å². The van der Waals surface area contributed by atoms with Gasteiger partial charge in [-0.05, 0) is 36.9 Å². The van der Waals surface area contributed by atoms with Gasteiger partial charge in [0.05, 0.1) is 29.9 Å². The molecule has 2 atom stereocenters. The van der Waals surface area contributed by atoms with Gasteiger partial charge in [-0.15, -0.1) is 0 Å². The Balaban J connectivity index is 1.46. The highest BCUT2D eigenvalue weighted by atomic mass is 16.5. The number of amides is 2. The lowest BCUT2D eigenvalue weighted by molar-refractivity contribution is -0.119. The molecule has 6 rings (SSSR count). The molecule has 3 heterocycles. The standard InChI is InChI=1S/C33H37N5O3/c1-35-16-18-37(19-17-35)29-15-9-7-13-27(29)34-32(39)30-24-11-4-5-12-25(24)33(40)38(20-21-41-3)31(30)26-22-36(2)28-14-8-6-10-23(26)28/h4-15,22,30-31H,16-21H2,1-3H3,(H,34,39)/t30-,31+/m1/s1. The molecule has 1 saturated heterocycles. The summed E-state index contributed by atoms with van der Waals surface area (Å²) < 4.78 is 7.50. The van der Waals surface area contributed by atoms with Crippen molar-refractivity contribution in [3.63, 3.8) is 0 Å². The fraction of sp³-hybridized carbons (Fsp3) is 0.333. The first kappa shape index (κ1) is 27.1. The van der Waals surface area contributed by atoms with Crippen molar-refractivity contribution in [1.82, 2.24) is 14.4 Å². The van der Waals surface area contributed by atoms with E-state index in [9.17, 15) is 9.59 Å². The first-order chi connectivity index (χ1) is 20.0. The number of aryl methyl sites for hydroxylation is 1. The molecule has 1 aromatic heterocycles. The summed E-state index contributed by atoms with van der Waals surface area (Å²) in [5.41, 5.74) is 5.13. The Labute approximate surface area is 241 Å². The molecule has 0 unspecified atom stereocenters. The quantitative estimate of drug-likeness (QED) is 0.367. The largest absolute Gasteiger partial charge is 0.383 e. The van der Waals surface area contributed by atoms with Gasteiger partial charge in [-0.1, -0.05) is 48.5 Å². The van der Waals surface area contributed by atoms with Gasteiger partial charge in [0.15, 0.2) is 0 Å². The first-order valence-corrected chi connectivity index (χ1v) is 14.2. The summed E-state index contributed by atoms with van der Waals surface area (Å²) in [5, 5.41) is 4.34. The minimum atomic E-state index is -0.618. The third kappa shape index (κ3) is 4.98. The zero-order valence-corrected chi connectivity index (χ0v) is 23.9. The van der Waals surface area contributed by atoms with E-state index in [2.05, 4.69) is 51.1 Å². The van der Waals surface area contributed by atoms with E-state index < -0.39 is 12.0 Å². The third-order valence-corrected chi connectivity index (χ3v) is 8.51. The van der Waals surface area contributed by atoms with Crippen LogP contribution in [0.15, 0.2) is 79.0 Å². The summed E-state index contributed by atoms with van der Waals surface area (Å²) in [6.45, 7) is 4.48. The van der Waals surface area contributed by atoms with Crippen molar-refractivity contribution in [2.75, 3.05) is 63.7 Å². The summed E-state index contributed by atoms with van der Waals surface area (Å²) in [6, 6.07) is 23.2. The molecular weight excluding hydrogens is 514 g/mol. The Hall–Kier alpha value is -4.14.